The van der Waals surface area contributed by atoms with Gasteiger partial charge in [0, 0.05) is 31.0 Å². The Morgan fingerprint density at radius 3 is 2.58 bits per heavy atom. The number of nitrogens with two attached hydrogens (primary N) is 1. The molecule has 0 atom stereocenters. The Balaban J connectivity index is 2.06. The van der Waals surface area contributed by atoms with E-state index >= 15 is 0 Å². The third-order valence-electron chi connectivity index (χ3n) is 3.62. The summed E-state index contributed by atoms with van der Waals surface area (Å²) in [6.07, 6.45) is 2.64. The van der Waals surface area contributed by atoms with Gasteiger partial charge < -0.3 is 16.0 Å². The largest absolute Gasteiger partial charge is 0.398 e. The number of hydrogen-bond donors (Lipinski definition) is 2. The number of anilines is 2. The van der Waals surface area contributed by atoms with Crippen LogP contribution in [0.2, 0.25) is 0 Å². The number of nitrogen functional groups attached to an aromatic ring is 1. The topological polar surface area (TPSA) is 58.4 Å². The van der Waals surface area contributed by atoms with Gasteiger partial charge in [0.1, 0.15) is 0 Å². The molecule has 0 saturated heterocycles. The van der Waals surface area contributed by atoms with Crippen LogP contribution in [-0.4, -0.2) is 30.4 Å². The second kappa shape index (κ2) is 5.95. The zero-order valence-electron chi connectivity index (χ0n) is 11.8. The van der Waals surface area contributed by atoms with Gasteiger partial charge in [-0.2, -0.15) is 0 Å². The Morgan fingerprint density at radius 1 is 1.37 bits per heavy atom. The lowest BCUT2D eigenvalue weighted by molar-refractivity contribution is 0.0774. The predicted octanol–water partition coefficient (Wildman–Crippen LogP) is 2.57. The summed E-state index contributed by atoms with van der Waals surface area (Å²) in [5.41, 5.74) is 8.16. The molecule has 1 aliphatic rings. The lowest BCUT2D eigenvalue weighted by Gasteiger charge is -2.20. The maximum absolute atomic E-state index is 12.2. The molecule has 1 fully saturated rings. The first-order valence-corrected chi connectivity index (χ1v) is 7.08. The van der Waals surface area contributed by atoms with Crippen LogP contribution in [0, 0.1) is 5.92 Å². The number of hydrogen-bond acceptors (Lipinski definition) is 3. The molecule has 1 aromatic rings. The summed E-state index contributed by atoms with van der Waals surface area (Å²) < 4.78 is 0. The van der Waals surface area contributed by atoms with E-state index in [0.717, 1.165) is 18.2 Å². The number of carbonyl (C=O) groups is 1. The van der Waals surface area contributed by atoms with Gasteiger partial charge in [0.05, 0.1) is 5.56 Å². The lowest BCUT2D eigenvalue weighted by Crippen LogP contribution is -2.31. The molecule has 0 heterocycles. The molecule has 1 saturated carbocycles. The minimum absolute atomic E-state index is 0.0104. The Labute approximate surface area is 115 Å². The molecule has 19 heavy (non-hydrogen) atoms. The van der Waals surface area contributed by atoms with E-state index in [1.165, 1.54) is 12.8 Å². The van der Waals surface area contributed by atoms with Gasteiger partial charge in [-0.05, 0) is 50.8 Å². The van der Waals surface area contributed by atoms with Crippen LogP contribution in [0.4, 0.5) is 11.4 Å². The first kappa shape index (κ1) is 13.7. The molecule has 0 aromatic heterocycles. The first-order valence-electron chi connectivity index (χ1n) is 7.08. The van der Waals surface area contributed by atoms with Crippen molar-refractivity contribution >= 4 is 17.3 Å². The highest BCUT2D eigenvalue weighted by Crippen LogP contribution is 2.29. The van der Waals surface area contributed by atoms with E-state index in [-0.39, 0.29) is 5.91 Å². The van der Waals surface area contributed by atoms with Crippen LogP contribution in [0.15, 0.2) is 18.2 Å². The smallest absolute Gasteiger partial charge is 0.255 e. The van der Waals surface area contributed by atoms with Crippen molar-refractivity contribution in [1.29, 1.82) is 0 Å². The van der Waals surface area contributed by atoms with Crippen LogP contribution >= 0.6 is 0 Å². The maximum Gasteiger partial charge on any atom is 0.255 e. The highest BCUT2D eigenvalue weighted by Gasteiger charge is 2.21. The molecule has 1 aliphatic carbocycles. The second-order valence-corrected chi connectivity index (χ2v) is 5.10. The fraction of sp³-hybridized carbons (Fsp3) is 0.533. The summed E-state index contributed by atoms with van der Waals surface area (Å²) in [5.74, 6) is 0.828. The highest BCUT2D eigenvalue weighted by atomic mass is 16.2. The molecule has 4 heteroatoms. The van der Waals surface area contributed by atoms with Crippen molar-refractivity contribution in [2.45, 2.75) is 26.7 Å². The fourth-order valence-electron chi connectivity index (χ4n) is 2.13. The highest BCUT2D eigenvalue weighted by molar-refractivity contribution is 5.99. The molecule has 0 bridgehead atoms. The van der Waals surface area contributed by atoms with Gasteiger partial charge >= 0.3 is 0 Å². The number of carbonyl (C=O) groups excluding carboxylic acids is 1. The maximum atomic E-state index is 12.2. The zero-order chi connectivity index (χ0) is 13.8. The molecule has 0 unspecified atom stereocenters. The Morgan fingerprint density at radius 2 is 2.05 bits per heavy atom. The third-order valence-corrected chi connectivity index (χ3v) is 3.62. The summed E-state index contributed by atoms with van der Waals surface area (Å²) in [6.45, 7) is 6.36. The predicted molar refractivity (Wildman–Crippen MR) is 79.3 cm³/mol. The molecular formula is C15H23N3O. The van der Waals surface area contributed by atoms with Crippen LogP contribution < -0.4 is 11.1 Å². The summed E-state index contributed by atoms with van der Waals surface area (Å²) in [6, 6.07) is 5.62. The van der Waals surface area contributed by atoms with E-state index in [2.05, 4.69) is 5.32 Å². The summed E-state index contributed by atoms with van der Waals surface area (Å²) in [5, 5.41) is 3.37. The minimum atomic E-state index is 0.0104. The van der Waals surface area contributed by atoms with Crippen molar-refractivity contribution in [2.24, 2.45) is 5.92 Å². The van der Waals surface area contributed by atoms with Crippen molar-refractivity contribution < 1.29 is 4.79 Å². The average Bonchev–Trinajstić information content (AvgIpc) is 3.21. The number of rotatable bonds is 6. The zero-order valence-corrected chi connectivity index (χ0v) is 11.8. The number of nitrogens with zero attached hydrogens (tertiary/aromatic N) is 1. The molecule has 0 spiro atoms. The van der Waals surface area contributed by atoms with Crippen LogP contribution in [0.25, 0.3) is 0 Å². The quantitative estimate of drug-likeness (QED) is 0.774. The van der Waals surface area contributed by atoms with Crippen molar-refractivity contribution in [3.63, 3.8) is 0 Å². The van der Waals surface area contributed by atoms with E-state index in [4.69, 9.17) is 5.73 Å². The van der Waals surface area contributed by atoms with E-state index in [9.17, 15) is 4.79 Å². The minimum Gasteiger partial charge on any atom is -0.398 e. The monoisotopic (exact) mass is 261 g/mol. The third kappa shape index (κ3) is 3.40. The molecule has 0 aliphatic heterocycles. The van der Waals surface area contributed by atoms with Crippen molar-refractivity contribution in [3.8, 4) is 0 Å². The summed E-state index contributed by atoms with van der Waals surface area (Å²) >= 11 is 0. The Bertz CT molecular complexity index is 451. The molecule has 4 nitrogen and oxygen atoms in total. The van der Waals surface area contributed by atoms with E-state index in [1.54, 1.807) is 4.90 Å². The lowest BCUT2D eigenvalue weighted by atomic mass is 10.1. The fourth-order valence-corrected chi connectivity index (χ4v) is 2.13. The van der Waals surface area contributed by atoms with Gasteiger partial charge in [0.25, 0.3) is 5.91 Å². The van der Waals surface area contributed by atoms with E-state index in [0.29, 0.717) is 24.3 Å². The number of nitrogens with one attached hydrogen (secondary N) is 1. The molecule has 104 valence electrons. The SMILES string of the molecule is CCN(CC)C(=O)c1ccc(NCC2CC2)cc1N. The van der Waals surface area contributed by atoms with Crippen LogP contribution in [-0.2, 0) is 0 Å². The van der Waals surface area contributed by atoms with Crippen molar-refractivity contribution in [1.82, 2.24) is 4.90 Å². The summed E-state index contributed by atoms with van der Waals surface area (Å²) in [7, 11) is 0. The number of amides is 1. The van der Waals surface area contributed by atoms with Crippen LogP contribution in [0.1, 0.15) is 37.0 Å². The molecule has 3 N–H and O–H groups in total. The first-order chi connectivity index (χ1) is 9.15. The van der Waals surface area contributed by atoms with Gasteiger partial charge in [0.2, 0.25) is 0 Å². The Hall–Kier alpha value is -1.71. The second-order valence-electron chi connectivity index (χ2n) is 5.10. The standard InChI is InChI=1S/C15H23N3O/c1-3-18(4-2)15(19)13-8-7-12(9-14(13)16)17-10-11-5-6-11/h7-9,11,17H,3-6,10,16H2,1-2H3. The Kier molecular flexibility index (Phi) is 4.30. The average molecular weight is 261 g/mol. The molecule has 1 aromatic carbocycles. The van der Waals surface area contributed by atoms with Crippen molar-refractivity contribution in [3.05, 3.63) is 23.8 Å². The normalized spacial score (nSPS) is 14.2. The van der Waals surface area contributed by atoms with Crippen molar-refractivity contribution in [2.75, 3.05) is 30.7 Å². The molecule has 1 amide bonds. The van der Waals surface area contributed by atoms with E-state index in [1.807, 2.05) is 32.0 Å². The van der Waals surface area contributed by atoms with Gasteiger partial charge in [-0.15, -0.1) is 0 Å². The van der Waals surface area contributed by atoms with Gasteiger partial charge in [-0.3, -0.25) is 4.79 Å². The number of benzene rings is 1. The van der Waals surface area contributed by atoms with E-state index < -0.39 is 0 Å². The molecule has 0 radical (unpaired) electrons. The van der Waals surface area contributed by atoms with Gasteiger partial charge in [-0.25, -0.2) is 0 Å². The van der Waals surface area contributed by atoms with Gasteiger partial charge in [-0.1, -0.05) is 0 Å². The van der Waals surface area contributed by atoms with Crippen LogP contribution in [0.3, 0.4) is 0 Å². The molecule has 2 rings (SSSR count). The molecular weight excluding hydrogens is 238 g/mol. The van der Waals surface area contributed by atoms with Crippen LogP contribution in [0.5, 0.6) is 0 Å². The summed E-state index contributed by atoms with van der Waals surface area (Å²) in [4.78, 5) is 14.0. The van der Waals surface area contributed by atoms with Gasteiger partial charge in [0.15, 0.2) is 0 Å².